The minimum atomic E-state index is -4.21. The second-order valence-electron chi connectivity index (χ2n) is 5.97. The van der Waals surface area contributed by atoms with Gasteiger partial charge in [0.25, 0.3) is 16.0 Å². The molecule has 2 amide bonds. The lowest BCUT2D eigenvalue weighted by molar-refractivity contribution is -0.136. The van der Waals surface area contributed by atoms with E-state index in [4.69, 9.17) is 15.8 Å². The molecule has 120 valence electrons. The maximum Gasteiger partial charge on any atom is 0.298 e. The Labute approximate surface area is 137 Å². The molecule has 1 aromatic carbocycles. The zero-order valence-electron chi connectivity index (χ0n) is 11.7. The van der Waals surface area contributed by atoms with Crippen molar-refractivity contribution in [3.8, 4) is 0 Å². The Morgan fingerprint density at radius 3 is 2.57 bits per heavy atom. The summed E-state index contributed by atoms with van der Waals surface area (Å²) in [4.78, 5) is 24.3. The summed E-state index contributed by atoms with van der Waals surface area (Å²) in [6.45, 7) is 0. The standard InChI is InChI=1S/C15H12ClNO5S/c16-10-3-5-11(6-4-10)23(20,21)22-15-9-2-1-8(7-9)12(15)13(18)17-14(15)19/h1-6,8-9,12H,7H2,(H,17,18,19). The van der Waals surface area contributed by atoms with Crippen LogP contribution in [0.3, 0.4) is 0 Å². The lowest BCUT2D eigenvalue weighted by Gasteiger charge is -2.31. The van der Waals surface area contributed by atoms with E-state index in [9.17, 15) is 18.0 Å². The molecular formula is C15H12ClNO5S. The number of rotatable bonds is 3. The lowest BCUT2D eigenvalue weighted by Crippen LogP contribution is -2.50. The van der Waals surface area contributed by atoms with Gasteiger partial charge in [-0.15, -0.1) is 0 Å². The Hall–Kier alpha value is -1.70. The number of fused-ring (bicyclic) bond motifs is 5. The van der Waals surface area contributed by atoms with Crippen LogP contribution in [0.5, 0.6) is 0 Å². The Balaban J connectivity index is 1.77. The van der Waals surface area contributed by atoms with Gasteiger partial charge in [0.05, 0.1) is 10.8 Å². The van der Waals surface area contributed by atoms with Crippen LogP contribution in [0.1, 0.15) is 6.42 Å². The van der Waals surface area contributed by atoms with Gasteiger partial charge in [-0.3, -0.25) is 14.9 Å². The van der Waals surface area contributed by atoms with Crippen molar-refractivity contribution in [1.82, 2.24) is 5.32 Å². The van der Waals surface area contributed by atoms with Crippen LogP contribution in [0, 0.1) is 17.8 Å². The second kappa shape index (κ2) is 4.66. The highest BCUT2D eigenvalue weighted by atomic mass is 35.5. The summed E-state index contributed by atoms with van der Waals surface area (Å²) in [6, 6.07) is 5.46. The quantitative estimate of drug-likeness (QED) is 0.502. The smallest absolute Gasteiger partial charge is 0.293 e. The Morgan fingerprint density at radius 1 is 1.17 bits per heavy atom. The van der Waals surface area contributed by atoms with Crippen LogP contribution in [-0.2, 0) is 23.9 Å². The highest BCUT2D eigenvalue weighted by Crippen LogP contribution is 2.55. The Kier molecular flexibility index (Phi) is 3.01. The zero-order valence-corrected chi connectivity index (χ0v) is 13.3. The average Bonchev–Trinajstić information content (AvgIpc) is 3.12. The molecule has 23 heavy (non-hydrogen) atoms. The molecule has 1 N–H and O–H groups in total. The largest absolute Gasteiger partial charge is 0.298 e. The van der Waals surface area contributed by atoms with E-state index in [1.54, 1.807) is 6.08 Å². The number of benzene rings is 1. The molecule has 3 aliphatic rings. The van der Waals surface area contributed by atoms with Crippen LogP contribution in [0.15, 0.2) is 41.3 Å². The van der Waals surface area contributed by atoms with Gasteiger partial charge >= 0.3 is 0 Å². The Morgan fingerprint density at radius 2 is 1.87 bits per heavy atom. The number of hydrogen-bond donors (Lipinski definition) is 1. The third-order valence-electron chi connectivity index (χ3n) is 4.78. The monoisotopic (exact) mass is 353 g/mol. The average molecular weight is 354 g/mol. The molecule has 4 unspecified atom stereocenters. The van der Waals surface area contributed by atoms with Gasteiger partial charge < -0.3 is 0 Å². The number of halogens is 1. The molecule has 6 nitrogen and oxygen atoms in total. The molecule has 1 heterocycles. The van der Waals surface area contributed by atoms with Gasteiger partial charge in [-0.2, -0.15) is 8.42 Å². The molecule has 0 spiro atoms. The van der Waals surface area contributed by atoms with Crippen molar-refractivity contribution in [2.45, 2.75) is 16.9 Å². The van der Waals surface area contributed by atoms with E-state index in [1.165, 1.54) is 24.3 Å². The number of hydrogen-bond acceptors (Lipinski definition) is 5. The van der Waals surface area contributed by atoms with E-state index >= 15 is 0 Å². The van der Waals surface area contributed by atoms with E-state index < -0.39 is 39.4 Å². The van der Waals surface area contributed by atoms with E-state index in [0.717, 1.165) is 0 Å². The maximum atomic E-state index is 12.6. The first-order valence-electron chi connectivity index (χ1n) is 7.09. The maximum absolute atomic E-state index is 12.6. The van der Waals surface area contributed by atoms with Gasteiger partial charge in [-0.25, -0.2) is 4.18 Å². The number of imide groups is 1. The second-order valence-corrected chi connectivity index (χ2v) is 7.95. The van der Waals surface area contributed by atoms with Crippen molar-refractivity contribution in [3.05, 3.63) is 41.4 Å². The molecule has 2 fully saturated rings. The van der Waals surface area contributed by atoms with Crippen molar-refractivity contribution >= 4 is 33.5 Å². The van der Waals surface area contributed by atoms with Crippen molar-refractivity contribution < 1.29 is 22.2 Å². The predicted molar refractivity (Wildman–Crippen MR) is 79.8 cm³/mol. The predicted octanol–water partition coefficient (Wildman–Crippen LogP) is 1.26. The van der Waals surface area contributed by atoms with Gasteiger partial charge in [0.1, 0.15) is 0 Å². The number of amides is 2. The van der Waals surface area contributed by atoms with Crippen LogP contribution in [0.25, 0.3) is 0 Å². The third kappa shape index (κ3) is 1.93. The van der Waals surface area contributed by atoms with Crippen LogP contribution < -0.4 is 5.32 Å². The number of carbonyl (C=O) groups excluding carboxylic acids is 2. The molecule has 1 aromatic rings. The van der Waals surface area contributed by atoms with Crippen LogP contribution in [0.2, 0.25) is 5.02 Å². The fraction of sp³-hybridized carbons (Fsp3) is 0.333. The van der Waals surface area contributed by atoms with Crippen LogP contribution in [0.4, 0.5) is 0 Å². The first-order chi connectivity index (χ1) is 10.8. The summed E-state index contributed by atoms with van der Waals surface area (Å²) < 4.78 is 30.6. The summed E-state index contributed by atoms with van der Waals surface area (Å²) in [5.41, 5.74) is -1.67. The van der Waals surface area contributed by atoms with Gasteiger partial charge in [-0.05, 0) is 36.6 Å². The normalized spacial score (nSPS) is 34.7. The van der Waals surface area contributed by atoms with Gasteiger partial charge in [0, 0.05) is 10.9 Å². The molecule has 1 saturated heterocycles. The fourth-order valence-corrected chi connectivity index (χ4v) is 5.17. The molecule has 1 saturated carbocycles. The Bertz CT molecular complexity index is 847. The molecular weight excluding hydrogens is 342 g/mol. The van der Waals surface area contributed by atoms with E-state index in [1.807, 2.05) is 6.08 Å². The minimum Gasteiger partial charge on any atom is -0.293 e. The molecule has 8 heteroatoms. The lowest BCUT2D eigenvalue weighted by atomic mass is 9.81. The van der Waals surface area contributed by atoms with Crippen molar-refractivity contribution in [2.24, 2.45) is 17.8 Å². The van der Waals surface area contributed by atoms with Crippen molar-refractivity contribution in [3.63, 3.8) is 0 Å². The summed E-state index contributed by atoms with van der Waals surface area (Å²) in [6.07, 6.45) is 4.15. The number of nitrogens with one attached hydrogen (secondary N) is 1. The number of carbonyl (C=O) groups is 2. The van der Waals surface area contributed by atoms with E-state index in [0.29, 0.717) is 11.4 Å². The van der Waals surface area contributed by atoms with Crippen LogP contribution in [-0.4, -0.2) is 25.8 Å². The molecule has 1 aliphatic heterocycles. The highest BCUT2D eigenvalue weighted by Gasteiger charge is 2.70. The third-order valence-corrected chi connectivity index (χ3v) is 6.38. The molecule has 2 aliphatic carbocycles. The van der Waals surface area contributed by atoms with Crippen LogP contribution >= 0.6 is 11.6 Å². The van der Waals surface area contributed by atoms with Crippen molar-refractivity contribution in [1.29, 1.82) is 0 Å². The van der Waals surface area contributed by atoms with E-state index in [-0.39, 0.29) is 10.8 Å². The van der Waals surface area contributed by atoms with Crippen molar-refractivity contribution in [2.75, 3.05) is 0 Å². The summed E-state index contributed by atoms with van der Waals surface area (Å²) >= 11 is 5.76. The molecule has 0 aromatic heterocycles. The molecule has 4 rings (SSSR count). The summed E-state index contributed by atoms with van der Waals surface area (Å²) in [5, 5.41) is 2.60. The highest BCUT2D eigenvalue weighted by molar-refractivity contribution is 7.86. The summed E-state index contributed by atoms with van der Waals surface area (Å²) in [5.74, 6) is -2.55. The van der Waals surface area contributed by atoms with Gasteiger partial charge in [0.15, 0.2) is 5.60 Å². The van der Waals surface area contributed by atoms with Gasteiger partial charge in [-0.1, -0.05) is 23.8 Å². The number of allylic oxidation sites excluding steroid dienone is 1. The topological polar surface area (TPSA) is 89.5 Å². The first-order valence-corrected chi connectivity index (χ1v) is 8.88. The molecule has 0 radical (unpaired) electrons. The zero-order chi connectivity index (χ0) is 16.4. The molecule has 4 atom stereocenters. The van der Waals surface area contributed by atoms with E-state index in [2.05, 4.69) is 5.32 Å². The molecule has 2 bridgehead atoms. The summed E-state index contributed by atoms with van der Waals surface area (Å²) in [7, 11) is -4.21. The SMILES string of the molecule is O=C1NC(=O)C2(OS(=O)(=O)c3ccc(Cl)cc3)C3C=CC(C3)C12. The first kappa shape index (κ1) is 14.9. The fourth-order valence-electron chi connectivity index (χ4n) is 3.81. The van der Waals surface area contributed by atoms with Gasteiger partial charge in [0.2, 0.25) is 5.91 Å². The minimum absolute atomic E-state index is 0.103.